The number of amides is 2. The summed E-state index contributed by atoms with van der Waals surface area (Å²) < 4.78 is 9.60. The summed E-state index contributed by atoms with van der Waals surface area (Å²) in [7, 11) is 0. The van der Waals surface area contributed by atoms with E-state index < -0.39 is 30.9 Å². The first-order chi connectivity index (χ1) is 11.5. The molecule has 0 aliphatic carbocycles. The topological polar surface area (TPSA) is 97.6 Å². The molecule has 0 aliphatic heterocycles. The summed E-state index contributed by atoms with van der Waals surface area (Å²) in [6.07, 6.45) is 1.33. The number of nitrogens with one attached hydrogen (secondary N) is 2. The van der Waals surface area contributed by atoms with Crippen molar-refractivity contribution in [3.05, 3.63) is 52.4 Å². The molecule has 2 N–H and O–H groups in total. The molecule has 0 aliphatic rings. The van der Waals surface area contributed by atoms with Gasteiger partial charge in [-0.1, -0.05) is 23.2 Å². The number of halogens is 2. The molecule has 0 radical (unpaired) electrons. The van der Waals surface area contributed by atoms with Crippen LogP contribution in [0.15, 0.2) is 41.0 Å². The molecule has 0 bridgehead atoms. The quantitative estimate of drug-likeness (QED) is 0.761. The third-order valence-electron chi connectivity index (χ3n) is 2.71. The summed E-state index contributed by atoms with van der Waals surface area (Å²) in [4.78, 5) is 34.7. The van der Waals surface area contributed by atoms with Gasteiger partial charge in [-0.25, -0.2) is 0 Å². The average molecular weight is 371 g/mol. The first kappa shape index (κ1) is 17.8. The van der Waals surface area contributed by atoms with Crippen LogP contribution in [0.1, 0.15) is 10.6 Å². The minimum absolute atomic E-state index is 0.0675. The number of hydrogen-bond donors (Lipinski definition) is 2. The number of furan rings is 1. The largest absolute Gasteiger partial charge is 0.459 e. The molecule has 2 amide bonds. The molecule has 0 unspecified atom stereocenters. The van der Waals surface area contributed by atoms with Crippen molar-refractivity contribution in [3.63, 3.8) is 0 Å². The smallest absolute Gasteiger partial charge is 0.325 e. The Balaban J connectivity index is 1.73. The lowest BCUT2D eigenvalue weighted by Crippen LogP contribution is -2.32. The minimum Gasteiger partial charge on any atom is -0.459 e. The molecule has 0 saturated heterocycles. The molecule has 1 heterocycles. The van der Waals surface area contributed by atoms with E-state index in [1.807, 2.05) is 0 Å². The van der Waals surface area contributed by atoms with Crippen LogP contribution < -0.4 is 10.6 Å². The highest BCUT2D eigenvalue weighted by molar-refractivity contribution is 6.36. The second-order valence-corrected chi connectivity index (χ2v) is 5.34. The Hall–Kier alpha value is -2.51. The Bertz CT molecular complexity index is 746. The van der Waals surface area contributed by atoms with Gasteiger partial charge in [-0.3, -0.25) is 14.4 Å². The number of carbonyl (C=O) groups is 3. The van der Waals surface area contributed by atoms with E-state index in [1.54, 1.807) is 12.1 Å². The van der Waals surface area contributed by atoms with E-state index in [9.17, 15) is 14.4 Å². The fourth-order valence-corrected chi connectivity index (χ4v) is 2.08. The van der Waals surface area contributed by atoms with Crippen molar-refractivity contribution in [1.82, 2.24) is 5.32 Å². The highest BCUT2D eigenvalue weighted by Crippen LogP contribution is 2.25. The Morgan fingerprint density at radius 1 is 1.17 bits per heavy atom. The average Bonchev–Trinajstić information content (AvgIpc) is 3.08. The standard InChI is InChI=1S/C15H12Cl2N2O5/c16-9-3-4-11(10(17)6-9)19-13(20)8-24-14(21)7-18-15(22)12-2-1-5-23-12/h1-6H,7-8H2,(H,18,22)(H,19,20). The number of rotatable bonds is 6. The monoisotopic (exact) mass is 370 g/mol. The van der Waals surface area contributed by atoms with Gasteiger partial charge >= 0.3 is 5.97 Å². The van der Waals surface area contributed by atoms with Gasteiger partial charge < -0.3 is 19.8 Å². The van der Waals surface area contributed by atoms with Crippen LogP contribution in [-0.2, 0) is 14.3 Å². The van der Waals surface area contributed by atoms with E-state index in [0.29, 0.717) is 10.7 Å². The van der Waals surface area contributed by atoms with Crippen LogP contribution in [0.3, 0.4) is 0 Å². The van der Waals surface area contributed by atoms with Crippen LogP contribution in [0.25, 0.3) is 0 Å². The van der Waals surface area contributed by atoms with E-state index in [2.05, 4.69) is 10.6 Å². The fraction of sp³-hybridized carbons (Fsp3) is 0.133. The summed E-state index contributed by atoms with van der Waals surface area (Å²) >= 11 is 11.7. The summed E-state index contributed by atoms with van der Waals surface area (Å²) in [5, 5.41) is 5.45. The highest BCUT2D eigenvalue weighted by Gasteiger charge is 2.13. The number of carbonyl (C=O) groups excluding carboxylic acids is 3. The second-order valence-electron chi connectivity index (χ2n) is 4.49. The van der Waals surface area contributed by atoms with Gasteiger partial charge in [0.05, 0.1) is 17.0 Å². The molecule has 2 aromatic rings. The zero-order valence-electron chi connectivity index (χ0n) is 12.2. The van der Waals surface area contributed by atoms with Crippen molar-refractivity contribution in [2.24, 2.45) is 0 Å². The van der Waals surface area contributed by atoms with E-state index in [1.165, 1.54) is 24.5 Å². The summed E-state index contributed by atoms with van der Waals surface area (Å²) in [5.74, 6) is -1.84. The van der Waals surface area contributed by atoms with Gasteiger partial charge in [-0.15, -0.1) is 0 Å². The molecule has 1 aromatic heterocycles. The minimum atomic E-state index is -0.771. The van der Waals surface area contributed by atoms with Gasteiger partial charge in [0.1, 0.15) is 6.54 Å². The van der Waals surface area contributed by atoms with Gasteiger partial charge in [0.25, 0.3) is 11.8 Å². The van der Waals surface area contributed by atoms with Crippen molar-refractivity contribution < 1.29 is 23.5 Å². The molecule has 24 heavy (non-hydrogen) atoms. The highest BCUT2D eigenvalue weighted by atomic mass is 35.5. The number of ether oxygens (including phenoxy) is 1. The lowest BCUT2D eigenvalue weighted by molar-refractivity contribution is -0.146. The molecule has 1 aromatic carbocycles. The van der Waals surface area contributed by atoms with Crippen molar-refractivity contribution >= 4 is 46.7 Å². The number of hydrogen-bond acceptors (Lipinski definition) is 5. The fourth-order valence-electron chi connectivity index (χ4n) is 1.62. The van der Waals surface area contributed by atoms with Crippen molar-refractivity contribution in [2.75, 3.05) is 18.5 Å². The van der Waals surface area contributed by atoms with Crippen LogP contribution >= 0.6 is 23.2 Å². The van der Waals surface area contributed by atoms with Crippen LogP contribution in [0.2, 0.25) is 10.0 Å². The summed E-state index contributed by atoms with van der Waals surface area (Å²) in [6.45, 7) is -0.914. The van der Waals surface area contributed by atoms with Crippen molar-refractivity contribution in [2.45, 2.75) is 0 Å². The lowest BCUT2D eigenvalue weighted by Gasteiger charge is -2.08. The molecule has 0 atom stereocenters. The van der Waals surface area contributed by atoms with Gasteiger partial charge in [0.15, 0.2) is 12.4 Å². The SMILES string of the molecule is O=C(COC(=O)CNC(=O)c1ccco1)Nc1ccc(Cl)cc1Cl. The van der Waals surface area contributed by atoms with E-state index in [-0.39, 0.29) is 10.8 Å². The van der Waals surface area contributed by atoms with E-state index >= 15 is 0 Å². The molecule has 0 fully saturated rings. The molecule has 9 heteroatoms. The normalized spacial score (nSPS) is 10.1. The molecular weight excluding hydrogens is 359 g/mol. The maximum atomic E-state index is 11.7. The van der Waals surface area contributed by atoms with Gasteiger partial charge in [-0.05, 0) is 30.3 Å². The molecule has 2 rings (SSSR count). The molecule has 0 saturated carbocycles. The number of benzene rings is 1. The first-order valence-corrected chi connectivity index (χ1v) is 7.43. The maximum absolute atomic E-state index is 11.7. The Kier molecular flexibility index (Phi) is 6.22. The van der Waals surface area contributed by atoms with Crippen LogP contribution in [0.5, 0.6) is 0 Å². The van der Waals surface area contributed by atoms with Gasteiger partial charge in [-0.2, -0.15) is 0 Å². The summed E-state index contributed by atoms with van der Waals surface area (Å²) in [5.41, 5.74) is 0.341. The van der Waals surface area contributed by atoms with Crippen molar-refractivity contribution in [1.29, 1.82) is 0 Å². The van der Waals surface area contributed by atoms with Gasteiger partial charge in [0.2, 0.25) is 0 Å². The van der Waals surface area contributed by atoms with Crippen molar-refractivity contribution in [3.8, 4) is 0 Å². The van der Waals surface area contributed by atoms with Crippen LogP contribution in [0, 0.1) is 0 Å². The van der Waals surface area contributed by atoms with E-state index in [0.717, 1.165) is 0 Å². The predicted molar refractivity (Wildman–Crippen MR) is 87.1 cm³/mol. The zero-order valence-corrected chi connectivity index (χ0v) is 13.7. The second kappa shape index (κ2) is 8.37. The number of esters is 1. The lowest BCUT2D eigenvalue weighted by atomic mass is 10.3. The van der Waals surface area contributed by atoms with Gasteiger partial charge in [0, 0.05) is 5.02 Å². The predicted octanol–water partition coefficient (Wildman–Crippen LogP) is 2.50. The van der Waals surface area contributed by atoms with Crippen LogP contribution in [-0.4, -0.2) is 30.9 Å². The Morgan fingerprint density at radius 3 is 2.62 bits per heavy atom. The third kappa shape index (κ3) is 5.29. The molecule has 126 valence electrons. The summed E-state index contributed by atoms with van der Waals surface area (Å²) in [6, 6.07) is 7.53. The molecular formula is C15H12Cl2N2O5. The maximum Gasteiger partial charge on any atom is 0.325 e. The van der Waals surface area contributed by atoms with Crippen LogP contribution in [0.4, 0.5) is 5.69 Å². The Morgan fingerprint density at radius 2 is 1.96 bits per heavy atom. The first-order valence-electron chi connectivity index (χ1n) is 6.68. The zero-order chi connectivity index (χ0) is 17.5. The molecule has 0 spiro atoms. The third-order valence-corrected chi connectivity index (χ3v) is 3.26. The molecule has 7 nitrogen and oxygen atoms in total. The van der Waals surface area contributed by atoms with E-state index in [4.69, 9.17) is 32.4 Å². The number of anilines is 1. The Labute approximate surface area is 146 Å².